The number of aromatic nitrogens is 2. The van der Waals surface area contributed by atoms with Gasteiger partial charge in [0.25, 0.3) is 0 Å². The van der Waals surface area contributed by atoms with Crippen molar-refractivity contribution in [3.63, 3.8) is 0 Å². The monoisotopic (exact) mass is 170 g/mol. The van der Waals surface area contributed by atoms with Gasteiger partial charge in [-0.05, 0) is 6.08 Å². The molecule has 0 saturated heterocycles. The van der Waals surface area contributed by atoms with Crippen LogP contribution >= 0.6 is 0 Å². The molecule has 0 N–H and O–H groups in total. The van der Waals surface area contributed by atoms with Gasteiger partial charge in [0.15, 0.2) is 0 Å². The number of fused-ring (bicyclic) bond motifs is 3. The largest absolute Gasteiger partial charge is 0.324 e. The molecule has 0 saturated carbocycles. The van der Waals surface area contributed by atoms with Crippen LogP contribution < -0.4 is 0 Å². The summed E-state index contributed by atoms with van der Waals surface area (Å²) in [6.07, 6.45) is 16.9. The Balaban J connectivity index is 2.15. The van der Waals surface area contributed by atoms with Gasteiger partial charge in [-0.25, -0.2) is 4.98 Å². The average molecular weight is 170 g/mol. The van der Waals surface area contributed by atoms with Gasteiger partial charge in [0, 0.05) is 18.3 Å². The van der Waals surface area contributed by atoms with E-state index in [1.54, 1.807) is 0 Å². The van der Waals surface area contributed by atoms with E-state index in [-0.39, 0.29) is 0 Å². The molecule has 2 heterocycles. The van der Waals surface area contributed by atoms with E-state index in [4.69, 9.17) is 0 Å². The first kappa shape index (κ1) is 6.89. The lowest BCUT2D eigenvalue weighted by Crippen LogP contribution is -2.19. The molecular weight excluding hydrogens is 160 g/mol. The van der Waals surface area contributed by atoms with Crippen molar-refractivity contribution in [3.05, 3.63) is 48.6 Å². The number of imidazole rings is 1. The first-order valence-corrected chi connectivity index (χ1v) is 4.51. The van der Waals surface area contributed by atoms with Crippen LogP contribution in [0.15, 0.2) is 42.8 Å². The third-order valence-corrected chi connectivity index (χ3v) is 2.63. The van der Waals surface area contributed by atoms with Crippen molar-refractivity contribution in [1.82, 2.24) is 9.55 Å². The maximum absolute atomic E-state index is 4.27. The van der Waals surface area contributed by atoms with Gasteiger partial charge in [0.1, 0.15) is 5.82 Å². The van der Waals surface area contributed by atoms with Gasteiger partial charge in [-0.1, -0.05) is 30.4 Å². The molecule has 1 aliphatic carbocycles. The number of hydrogen-bond donors (Lipinski definition) is 0. The summed E-state index contributed by atoms with van der Waals surface area (Å²) < 4.78 is 2.21. The highest BCUT2D eigenvalue weighted by atomic mass is 15.1. The lowest BCUT2D eigenvalue weighted by Gasteiger charge is -2.27. The molecule has 2 atom stereocenters. The van der Waals surface area contributed by atoms with Crippen LogP contribution in [0.2, 0.25) is 0 Å². The van der Waals surface area contributed by atoms with E-state index >= 15 is 0 Å². The fraction of sp³-hybridized carbons (Fsp3) is 0.182. The van der Waals surface area contributed by atoms with E-state index in [0.29, 0.717) is 12.0 Å². The van der Waals surface area contributed by atoms with Gasteiger partial charge in [0.2, 0.25) is 0 Å². The molecule has 2 aliphatic rings. The average Bonchev–Trinajstić information content (AvgIpc) is 2.65. The minimum atomic E-state index is 0.437. The van der Waals surface area contributed by atoms with E-state index in [1.807, 2.05) is 12.4 Å². The second-order valence-corrected chi connectivity index (χ2v) is 3.39. The molecule has 1 aliphatic heterocycles. The summed E-state index contributed by atoms with van der Waals surface area (Å²) in [5, 5.41) is 0. The van der Waals surface area contributed by atoms with Crippen molar-refractivity contribution < 1.29 is 0 Å². The number of allylic oxidation sites excluding steroid dienone is 5. The number of rotatable bonds is 0. The third-order valence-electron chi connectivity index (χ3n) is 2.63. The van der Waals surface area contributed by atoms with Crippen LogP contribution in [0.4, 0.5) is 0 Å². The van der Waals surface area contributed by atoms with Gasteiger partial charge >= 0.3 is 0 Å². The summed E-state index contributed by atoms with van der Waals surface area (Å²) in [6, 6.07) is 0.437. The van der Waals surface area contributed by atoms with E-state index in [9.17, 15) is 0 Å². The SMILES string of the molecule is C1=CC2C=Cc3nccn3C2C=C1. The molecule has 0 amide bonds. The summed E-state index contributed by atoms with van der Waals surface area (Å²) in [7, 11) is 0. The second kappa shape index (κ2) is 2.46. The summed E-state index contributed by atoms with van der Waals surface area (Å²) in [4.78, 5) is 4.27. The highest BCUT2D eigenvalue weighted by Gasteiger charge is 2.22. The zero-order valence-electron chi connectivity index (χ0n) is 7.17. The Morgan fingerprint density at radius 1 is 1.15 bits per heavy atom. The van der Waals surface area contributed by atoms with E-state index < -0.39 is 0 Å². The van der Waals surface area contributed by atoms with Crippen molar-refractivity contribution in [2.45, 2.75) is 6.04 Å². The summed E-state index contributed by atoms with van der Waals surface area (Å²) in [6.45, 7) is 0. The van der Waals surface area contributed by atoms with Crippen LogP contribution in [0.25, 0.3) is 6.08 Å². The van der Waals surface area contributed by atoms with Crippen LogP contribution in [-0.4, -0.2) is 9.55 Å². The molecule has 0 aromatic carbocycles. The van der Waals surface area contributed by atoms with Crippen molar-refractivity contribution in [2.24, 2.45) is 5.92 Å². The van der Waals surface area contributed by atoms with E-state index in [0.717, 1.165) is 5.82 Å². The molecule has 2 heteroatoms. The summed E-state index contributed by atoms with van der Waals surface area (Å²) in [5.74, 6) is 1.56. The Bertz CT molecular complexity index is 409. The molecule has 2 unspecified atom stereocenters. The predicted octanol–water partition coefficient (Wildman–Crippen LogP) is 2.19. The minimum Gasteiger partial charge on any atom is -0.324 e. The lowest BCUT2D eigenvalue weighted by atomic mass is 9.92. The molecule has 0 bridgehead atoms. The molecular formula is C11H10N2. The van der Waals surface area contributed by atoms with Crippen molar-refractivity contribution in [1.29, 1.82) is 0 Å². The Kier molecular flexibility index (Phi) is 1.30. The maximum atomic E-state index is 4.27. The van der Waals surface area contributed by atoms with E-state index in [2.05, 4.69) is 46.0 Å². The van der Waals surface area contributed by atoms with Crippen LogP contribution in [0.3, 0.4) is 0 Å². The van der Waals surface area contributed by atoms with Gasteiger partial charge in [0.05, 0.1) is 6.04 Å². The first-order chi connectivity index (χ1) is 6.45. The van der Waals surface area contributed by atoms with Gasteiger partial charge in [-0.15, -0.1) is 0 Å². The lowest BCUT2D eigenvalue weighted by molar-refractivity contribution is 0.509. The molecule has 13 heavy (non-hydrogen) atoms. The Labute approximate surface area is 76.9 Å². The second-order valence-electron chi connectivity index (χ2n) is 3.39. The Morgan fingerprint density at radius 2 is 2.08 bits per heavy atom. The van der Waals surface area contributed by atoms with Gasteiger partial charge in [-0.2, -0.15) is 0 Å². The van der Waals surface area contributed by atoms with Crippen LogP contribution in [0, 0.1) is 5.92 Å². The van der Waals surface area contributed by atoms with Crippen LogP contribution in [0.5, 0.6) is 0 Å². The van der Waals surface area contributed by atoms with Gasteiger partial charge in [-0.3, -0.25) is 0 Å². The van der Waals surface area contributed by atoms with E-state index in [1.165, 1.54) is 0 Å². The highest BCUT2D eigenvalue weighted by molar-refractivity contribution is 5.46. The number of nitrogens with zero attached hydrogens (tertiary/aromatic N) is 2. The number of hydrogen-bond acceptors (Lipinski definition) is 1. The zero-order valence-corrected chi connectivity index (χ0v) is 7.17. The summed E-state index contributed by atoms with van der Waals surface area (Å²) >= 11 is 0. The molecule has 64 valence electrons. The van der Waals surface area contributed by atoms with Crippen LogP contribution in [-0.2, 0) is 0 Å². The fourth-order valence-corrected chi connectivity index (χ4v) is 1.97. The standard InChI is InChI=1S/C11H10N2/c1-2-4-10-9(3-1)5-6-11-12-7-8-13(10)11/h1-10H. The molecule has 0 fully saturated rings. The third kappa shape index (κ3) is 0.917. The predicted molar refractivity (Wildman–Crippen MR) is 52.1 cm³/mol. The van der Waals surface area contributed by atoms with Crippen LogP contribution in [0.1, 0.15) is 11.9 Å². The normalized spacial score (nSPS) is 28.6. The molecule has 1 aromatic rings. The fourth-order valence-electron chi connectivity index (χ4n) is 1.97. The molecule has 0 radical (unpaired) electrons. The molecule has 3 rings (SSSR count). The maximum Gasteiger partial charge on any atom is 0.132 e. The van der Waals surface area contributed by atoms with Crippen molar-refractivity contribution in [2.75, 3.05) is 0 Å². The van der Waals surface area contributed by atoms with Gasteiger partial charge < -0.3 is 4.57 Å². The van der Waals surface area contributed by atoms with Crippen molar-refractivity contribution in [3.8, 4) is 0 Å². The smallest absolute Gasteiger partial charge is 0.132 e. The Hall–Kier alpha value is -1.57. The quantitative estimate of drug-likeness (QED) is 0.583. The topological polar surface area (TPSA) is 17.8 Å². The molecule has 0 spiro atoms. The highest BCUT2D eigenvalue weighted by Crippen LogP contribution is 2.31. The Morgan fingerprint density at radius 3 is 3.08 bits per heavy atom. The zero-order chi connectivity index (χ0) is 8.67. The molecule has 2 nitrogen and oxygen atoms in total. The molecule has 1 aromatic heterocycles. The minimum absolute atomic E-state index is 0.437. The summed E-state index contributed by atoms with van der Waals surface area (Å²) in [5.41, 5.74) is 0. The first-order valence-electron chi connectivity index (χ1n) is 4.51. The van der Waals surface area contributed by atoms with Crippen molar-refractivity contribution >= 4 is 6.08 Å².